The van der Waals surface area contributed by atoms with Crippen molar-refractivity contribution in [2.45, 2.75) is 53.2 Å². The second-order valence-electron chi connectivity index (χ2n) is 7.95. The molecule has 32 heavy (non-hydrogen) atoms. The number of rotatable bonds is 9. The Balaban J connectivity index is 1.74. The quantitative estimate of drug-likeness (QED) is 0.425. The molecule has 0 amide bonds. The van der Waals surface area contributed by atoms with Crippen LogP contribution in [0.4, 0.5) is 5.13 Å². The fourth-order valence-electron chi connectivity index (χ4n) is 2.91. The van der Waals surface area contributed by atoms with E-state index in [1.807, 2.05) is 43.9 Å². The lowest BCUT2D eigenvalue weighted by atomic mass is 10.1. The zero-order chi connectivity index (χ0) is 23.3. The Hall–Kier alpha value is -2.62. The number of anilines is 1. The maximum atomic E-state index is 11.0. The number of thiazole rings is 1. The highest BCUT2D eigenvalue weighted by atomic mass is 32.1. The molecule has 1 unspecified atom stereocenters. The van der Waals surface area contributed by atoms with Crippen molar-refractivity contribution in [1.82, 2.24) is 25.1 Å². The number of nitrogens with zero attached hydrogens (tertiary/aromatic N) is 5. The van der Waals surface area contributed by atoms with Crippen LogP contribution in [-0.4, -0.2) is 37.2 Å². The van der Waals surface area contributed by atoms with Gasteiger partial charge in [-0.05, 0) is 57.4 Å². The number of hydrogen-bond donors (Lipinski definition) is 2. The third-order valence-electron chi connectivity index (χ3n) is 5.12. The lowest BCUT2D eigenvalue weighted by Crippen LogP contribution is -2.22. The van der Waals surface area contributed by atoms with E-state index in [-0.39, 0.29) is 0 Å². The van der Waals surface area contributed by atoms with Crippen molar-refractivity contribution in [1.29, 1.82) is 0 Å². The first kappa shape index (κ1) is 24.0. The molecule has 7 nitrogen and oxygen atoms in total. The molecule has 3 aromatic rings. The van der Waals surface area contributed by atoms with Crippen LogP contribution in [-0.2, 0) is 12.1 Å². The third kappa shape index (κ3) is 5.79. The lowest BCUT2D eigenvalue weighted by molar-refractivity contribution is 0.101. The van der Waals surface area contributed by atoms with Gasteiger partial charge in [0, 0.05) is 36.2 Å². The van der Waals surface area contributed by atoms with Crippen molar-refractivity contribution in [2.75, 3.05) is 12.4 Å². The van der Waals surface area contributed by atoms with Crippen LogP contribution in [0.15, 0.2) is 47.3 Å². The molecule has 1 atom stereocenters. The second kappa shape index (κ2) is 10.3. The number of allylic oxidation sites excluding steroid dienone is 2. The highest BCUT2D eigenvalue weighted by molar-refractivity contribution is 7.15. The van der Waals surface area contributed by atoms with E-state index in [0.29, 0.717) is 15.1 Å². The molecule has 170 valence electrons. The van der Waals surface area contributed by atoms with E-state index >= 15 is 0 Å². The van der Waals surface area contributed by atoms with Gasteiger partial charge in [-0.15, -0.1) is 21.5 Å². The van der Waals surface area contributed by atoms with Crippen molar-refractivity contribution in [3.05, 3.63) is 74.2 Å². The normalized spacial score (nSPS) is 14.3. The molecule has 0 saturated heterocycles. The molecular formula is C23H30N6OS2. The molecule has 0 aliphatic rings. The van der Waals surface area contributed by atoms with Crippen molar-refractivity contribution >= 4 is 27.8 Å². The summed E-state index contributed by atoms with van der Waals surface area (Å²) in [4.78, 5) is 11.0. The molecule has 0 fully saturated rings. The van der Waals surface area contributed by atoms with E-state index in [1.54, 1.807) is 6.92 Å². The highest BCUT2D eigenvalue weighted by Gasteiger charge is 2.33. The number of aryl methyl sites for hydroxylation is 2. The maximum absolute atomic E-state index is 11.0. The van der Waals surface area contributed by atoms with Crippen LogP contribution in [0.25, 0.3) is 0 Å². The van der Waals surface area contributed by atoms with Gasteiger partial charge in [-0.2, -0.15) is 0 Å². The Bertz CT molecular complexity index is 1120. The zero-order valence-corrected chi connectivity index (χ0v) is 21.0. The summed E-state index contributed by atoms with van der Waals surface area (Å²) in [5.74, 6) is 0. The van der Waals surface area contributed by atoms with Gasteiger partial charge in [0.05, 0.1) is 12.2 Å². The van der Waals surface area contributed by atoms with Crippen molar-refractivity contribution in [3.63, 3.8) is 0 Å². The van der Waals surface area contributed by atoms with Crippen LogP contribution < -0.4 is 5.32 Å². The number of hydrogen-bond acceptors (Lipinski definition) is 9. The summed E-state index contributed by atoms with van der Waals surface area (Å²) in [7, 11) is 2.03. The second-order valence-corrected chi connectivity index (χ2v) is 9.78. The number of aliphatic hydroxyl groups is 1. The summed E-state index contributed by atoms with van der Waals surface area (Å²) < 4.78 is 0. The smallest absolute Gasteiger partial charge is 0.210 e. The van der Waals surface area contributed by atoms with Gasteiger partial charge in [-0.25, -0.2) is 4.98 Å². The average Bonchev–Trinajstić information content (AvgIpc) is 3.42. The van der Waals surface area contributed by atoms with E-state index in [0.717, 1.165) is 30.1 Å². The topological polar surface area (TPSA) is 87.1 Å². The van der Waals surface area contributed by atoms with E-state index in [1.165, 1.54) is 33.8 Å². The van der Waals surface area contributed by atoms with Crippen LogP contribution in [0.3, 0.4) is 0 Å². The first-order chi connectivity index (χ1) is 15.2. The van der Waals surface area contributed by atoms with E-state index in [9.17, 15) is 5.11 Å². The Kier molecular flexibility index (Phi) is 7.76. The molecule has 0 aliphatic heterocycles. The highest BCUT2D eigenvalue weighted by Crippen LogP contribution is 2.34. The third-order valence-corrected chi connectivity index (χ3v) is 7.34. The lowest BCUT2D eigenvalue weighted by Gasteiger charge is -2.16. The summed E-state index contributed by atoms with van der Waals surface area (Å²) in [5, 5.41) is 26.5. The Labute approximate surface area is 197 Å². The van der Waals surface area contributed by atoms with Gasteiger partial charge < -0.3 is 15.3 Å². The van der Waals surface area contributed by atoms with Crippen LogP contribution in [0.2, 0.25) is 0 Å². The first-order valence-electron chi connectivity index (χ1n) is 10.4. The predicted molar refractivity (Wildman–Crippen MR) is 132 cm³/mol. The Morgan fingerprint density at radius 1 is 1.28 bits per heavy atom. The van der Waals surface area contributed by atoms with Crippen LogP contribution >= 0.6 is 22.7 Å². The summed E-state index contributed by atoms with van der Waals surface area (Å²) in [5.41, 5.74) is 4.00. The van der Waals surface area contributed by atoms with Gasteiger partial charge in [0.2, 0.25) is 5.13 Å². The molecule has 0 bridgehead atoms. The van der Waals surface area contributed by atoms with Crippen LogP contribution in [0.5, 0.6) is 0 Å². The minimum atomic E-state index is -1.27. The summed E-state index contributed by atoms with van der Waals surface area (Å²) in [6, 6.07) is 4.02. The SMILES string of the molecule is CC/C(C)=C(/C=C\N(C)Cc1ncccc1C)Nc1nnc(C(C)(O)c2nc(C)cs2)s1. The van der Waals surface area contributed by atoms with Crippen molar-refractivity contribution in [2.24, 2.45) is 0 Å². The van der Waals surface area contributed by atoms with E-state index < -0.39 is 5.60 Å². The average molecular weight is 471 g/mol. The van der Waals surface area contributed by atoms with E-state index in [4.69, 9.17) is 0 Å². The Morgan fingerprint density at radius 3 is 2.72 bits per heavy atom. The molecule has 3 aromatic heterocycles. The molecular weight excluding hydrogens is 440 g/mol. The minimum Gasteiger partial charge on any atom is -0.376 e. The van der Waals surface area contributed by atoms with Crippen molar-refractivity contribution in [3.8, 4) is 0 Å². The maximum Gasteiger partial charge on any atom is 0.210 e. The molecule has 0 saturated carbocycles. The molecule has 0 aromatic carbocycles. The fraction of sp³-hybridized carbons (Fsp3) is 0.391. The standard InChI is InChI=1S/C23H30N6OS2/c1-7-15(2)18(10-12-29(6)13-19-16(3)9-8-11-24-19)26-22-28-27-21(32-22)23(5,30)20-25-17(4)14-31-20/h8-12,14,30H,7,13H2,1-6H3,(H,26,28)/b12-10-,18-15-. The largest absolute Gasteiger partial charge is 0.376 e. The monoisotopic (exact) mass is 470 g/mol. The van der Waals surface area contributed by atoms with Gasteiger partial charge >= 0.3 is 0 Å². The van der Waals surface area contributed by atoms with Gasteiger partial charge in [-0.1, -0.05) is 24.3 Å². The summed E-state index contributed by atoms with van der Waals surface area (Å²) in [6.45, 7) is 10.6. The summed E-state index contributed by atoms with van der Waals surface area (Å²) in [6.07, 6.45) is 6.80. The van der Waals surface area contributed by atoms with Gasteiger partial charge in [-0.3, -0.25) is 4.98 Å². The number of pyridine rings is 1. The van der Waals surface area contributed by atoms with Crippen LogP contribution in [0, 0.1) is 13.8 Å². The molecule has 3 rings (SSSR count). The number of aromatic nitrogens is 4. The predicted octanol–water partition coefficient (Wildman–Crippen LogP) is 5.00. The van der Waals surface area contributed by atoms with Gasteiger partial charge in [0.25, 0.3) is 0 Å². The minimum absolute atomic E-state index is 0.509. The van der Waals surface area contributed by atoms with Crippen molar-refractivity contribution < 1.29 is 5.11 Å². The Morgan fingerprint density at radius 2 is 2.06 bits per heavy atom. The zero-order valence-electron chi connectivity index (χ0n) is 19.4. The molecule has 3 heterocycles. The fourth-order valence-corrected chi connectivity index (χ4v) is 4.64. The summed E-state index contributed by atoms with van der Waals surface area (Å²) >= 11 is 2.75. The van der Waals surface area contributed by atoms with Crippen LogP contribution in [0.1, 0.15) is 54.2 Å². The first-order valence-corrected chi connectivity index (χ1v) is 12.1. The molecule has 0 radical (unpaired) electrons. The number of nitrogens with one attached hydrogen (secondary N) is 1. The molecule has 2 N–H and O–H groups in total. The molecule has 0 aliphatic carbocycles. The van der Waals surface area contributed by atoms with Gasteiger partial charge in [0.15, 0.2) is 10.6 Å². The van der Waals surface area contributed by atoms with Gasteiger partial charge in [0.1, 0.15) is 5.01 Å². The molecule has 9 heteroatoms. The molecule has 0 spiro atoms. The van der Waals surface area contributed by atoms with E-state index in [2.05, 4.69) is 57.2 Å².